The van der Waals surface area contributed by atoms with Crippen LogP contribution in [0, 0.1) is 0 Å². The molecule has 0 aliphatic heterocycles. The third-order valence-electron chi connectivity index (χ3n) is 4.44. The molecule has 0 heterocycles. The van der Waals surface area contributed by atoms with Crippen molar-refractivity contribution in [3.63, 3.8) is 0 Å². The van der Waals surface area contributed by atoms with Gasteiger partial charge in [0.05, 0.1) is 13.0 Å². The summed E-state index contributed by atoms with van der Waals surface area (Å²) < 4.78 is 5.23. The number of ether oxygens (including phenoxy) is 1. The van der Waals surface area contributed by atoms with E-state index in [1.807, 2.05) is 66.7 Å². The second kappa shape index (κ2) is 8.32. The highest BCUT2D eigenvalue weighted by Crippen LogP contribution is 2.25. The Bertz CT molecular complexity index is 993. The van der Waals surface area contributed by atoms with Gasteiger partial charge in [-0.05, 0) is 47.0 Å². The summed E-state index contributed by atoms with van der Waals surface area (Å²) in [7, 11) is 1.63. The summed E-state index contributed by atoms with van der Waals surface area (Å²) in [6, 6.07) is 21.1. The Morgan fingerprint density at radius 3 is 2.41 bits per heavy atom. The van der Waals surface area contributed by atoms with Crippen molar-refractivity contribution in [1.29, 1.82) is 0 Å². The molecule has 0 saturated carbocycles. The van der Waals surface area contributed by atoms with Crippen LogP contribution in [0.1, 0.15) is 24.0 Å². The number of nitrogens with one attached hydrogen (secondary N) is 1. The van der Waals surface area contributed by atoms with Crippen molar-refractivity contribution in [3.05, 3.63) is 83.9 Å². The molecule has 1 N–H and O–H groups in total. The molecule has 0 radical (unpaired) electrons. The average Bonchev–Trinajstić information content (AvgIpc) is 2.71. The Labute approximate surface area is 158 Å². The minimum absolute atomic E-state index is 0.328. The SMILES string of the molecule is COc1ccc2cc(C(C)C(=O)NC(=O)C=Cc3ccccc3)ccc2c1. The molecule has 3 aromatic carbocycles. The van der Waals surface area contributed by atoms with Gasteiger partial charge in [-0.25, -0.2) is 0 Å². The number of benzene rings is 3. The van der Waals surface area contributed by atoms with Crippen LogP contribution in [0.15, 0.2) is 72.8 Å². The fourth-order valence-electron chi connectivity index (χ4n) is 2.80. The van der Waals surface area contributed by atoms with Gasteiger partial charge in [0.2, 0.25) is 5.91 Å². The molecule has 0 aliphatic rings. The van der Waals surface area contributed by atoms with Crippen LogP contribution in [0.4, 0.5) is 0 Å². The van der Waals surface area contributed by atoms with E-state index in [0.717, 1.165) is 27.6 Å². The quantitative estimate of drug-likeness (QED) is 0.691. The third-order valence-corrected chi connectivity index (χ3v) is 4.44. The average molecular weight is 359 g/mol. The predicted molar refractivity (Wildman–Crippen MR) is 108 cm³/mol. The van der Waals surface area contributed by atoms with Gasteiger partial charge in [-0.3, -0.25) is 14.9 Å². The van der Waals surface area contributed by atoms with E-state index < -0.39 is 11.8 Å². The summed E-state index contributed by atoms with van der Waals surface area (Å²) in [5, 5.41) is 4.48. The Balaban J connectivity index is 1.68. The van der Waals surface area contributed by atoms with Crippen molar-refractivity contribution in [2.24, 2.45) is 0 Å². The number of carbonyl (C=O) groups excluding carboxylic acids is 2. The molecule has 3 rings (SSSR count). The number of methoxy groups -OCH3 is 1. The smallest absolute Gasteiger partial charge is 0.250 e. The Hall–Kier alpha value is -3.40. The number of imide groups is 1. The summed E-state index contributed by atoms with van der Waals surface area (Å²) in [4.78, 5) is 24.4. The lowest BCUT2D eigenvalue weighted by Crippen LogP contribution is -2.32. The van der Waals surface area contributed by atoms with Crippen LogP contribution in [0.2, 0.25) is 0 Å². The van der Waals surface area contributed by atoms with E-state index in [1.165, 1.54) is 6.08 Å². The summed E-state index contributed by atoms with van der Waals surface area (Å²) in [5.74, 6) is -0.408. The lowest BCUT2D eigenvalue weighted by molar-refractivity contribution is -0.128. The molecule has 0 aromatic heterocycles. The van der Waals surface area contributed by atoms with Crippen molar-refractivity contribution in [1.82, 2.24) is 5.32 Å². The normalized spacial score (nSPS) is 12.1. The number of amides is 2. The molecule has 4 heteroatoms. The van der Waals surface area contributed by atoms with Gasteiger partial charge in [-0.1, -0.05) is 54.6 Å². The lowest BCUT2D eigenvalue weighted by atomic mass is 9.97. The molecular formula is C23H21NO3. The van der Waals surface area contributed by atoms with Gasteiger partial charge in [0, 0.05) is 6.08 Å². The standard InChI is InChI=1S/C23H21NO3/c1-16(18-9-10-20-15-21(27-2)12-11-19(20)14-18)23(26)24-22(25)13-8-17-6-4-3-5-7-17/h3-16H,1-2H3,(H,24,25,26). The Kier molecular flexibility index (Phi) is 5.67. The predicted octanol–water partition coefficient (Wildman–Crippen LogP) is 4.31. The molecule has 0 saturated heterocycles. The first-order chi connectivity index (χ1) is 13.1. The fraction of sp³-hybridized carbons (Fsp3) is 0.130. The van der Waals surface area contributed by atoms with Crippen LogP contribution >= 0.6 is 0 Å². The zero-order valence-electron chi connectivity index (χ0n) is 15.3. The first kappa shape index (κ1) is 18.4. The number of hydrogen-bond acceptors (Lipinski definition) is 3. The highest BCUT2D eigenvalue weighted by Gasteiger charge is 2.17. The van der Waals surface area contributed by atoms with E-state index >= 15 is 0 Å². The molecule has 4 nitrogen and oxygen atoms in total. The van der Waals surface area contributed by atoms with Crippen molar-refractivity contribution in [2.75, 3.05) is 7.11 Å². The second-order valence-corrected chi connectivity index (χ2v) is 6.29. The maximum atomic E-state index is 12.4. The van der Waals surface area contributed by atoms with Crippen molar-refractivity contribution in [3.8, 4) is 5.75 Å². The van der Waals surface area contributed by atoms with Gasteiger partial charge in [-0.2, -0.15) is 0 Å². The van der Waals surface area contributed by atoms with Crippen molar-refractivity contribution >= 4 is 28.7 Å². The van der Waals surface area contributed by atoms with Crippen LogP contribution in [-0.4, -0.2) is 18.9 Å². The van der Waals surface area contributed by atoms with E-state index in [-0.39, 0.29) is 5.91 Å². The minimum atomic E-state index is -0.439. The minimum Gasteiger partial charge on any atom is -0.497 e. The summed E-state index contributed by atoms with van der Waals surface area (Å²) in [5.41, 5.74) is 1.75. The van der Waals surface area contributed by atoms with Gasteiger partial charge in [0.25, 0.3) is 5.91 Å². The van der Waals surface area contributed by atoms with Gasteiger partial charge in [0.1, 0.15) is 5.75 Å². The zero-order valence-corrected chi connectivity index (χ0v) is 15.3. The van der Waals surface area contributed by atoms with Crippen molar-refractivity contribution in [2.45, 2.75) is 12.8 Å². The fourth-order valence-corrected chi connectivity index (χ4v) is 2.80. The molecule has 0 spiro atoms. The van der Waals surface area contributed by atoms with Crippen LogP contribution in [0.3, 0.4) is 0 Å². The second-order valence-electron chi connectivity index (χ2n) is 6.29. The first-order valence-electron chi connectivity index (χ1n) is 8.72. The van der Waals surface area contributed by atoms with Gasteiger partial charge in [-0.15, -0.1) is 0 Å². The Morgan fingerprint density at radius 2 is 1.67 bits per heavy atom. The number of hydrogen-bond donors (Lipinski definition) is 1. The number of fused-ring (bicyclic) bond motifs is 1. The molecule has 0 fully saturated rings. The van der Waals surface area contributed by atoms with E-state index in [9.17, 15) is 9.59 Å². The molecule has 136 valence electrons. The first-order valence-corrected chi connectivity index (χ1v) is 8.72. The van der Waals surface area contributed by atoms with E-state index in [2.05, 4.69) is 5.32 Å². The van der Waals surface area contributed by atoms with Crippen LogP contribution < -0.4 is 10.1 Å². The zero-order chi connectivity index (χ0) is 19.2. The highest BCUT2D eigenvalue weighted by molar-refractivity contribution is 6.04. The van der Waals surface area contributed by atoms with E-state index in [4.69, 9.17) is 4.74 Å². The van der Waals surface area contributed by atoms with Crippen LogP contribution in [0.5, 0.6) is 5.75 Å². The van der Waals surface area contributed by atoms with Gasteiger partial charge < -0.3 is 4.74 Å². The monoisotopic (exact) mass is 359 g/mol. The molecular weight excluding hydrogens is 338 g/mol. The summed E-state index contributed by atoms with van der Waals surface area (Å²) in [6.45, 7) is 1.79. The lowest BCUT2D eigenvalue weighted by Gasteiger charge is -2.12. The van der Waals surface area contributed by atoms with Gasteiger partial charge in [0.15, 0.2) is 0 Å². The largest absolute Gasteiger partial charge is 0.497 e. The summed E-state index contributed by atoms with van der Waals surface area (Å²) >= 11 is 0. The molecule has 3 aromatic rings. The molecule has 1 unspecified atom stereocenters. The van der Waals surface area contributed by atoms with Crippen molar-refractivity contribution < 1.29 is 14.3 Å². The molecule has 1 atom stereocenters. The maximum Gasteiger partial charge on any atom is 0.250 e. The van der Waals surface area contributed by atoms with Crippen LogP contribution in [0.25, 0.3) is 16.8 Å². The van der Waals surface area contributed by atoms with E-state index in [1.54, 1.807) is 20.1 Å². The van der Waals surface area contributed by atoms with Crippen LogP contribution in [-0.2, 0) is 9.59 Å². The molecule has 0 bridgehead atoms. The molecule has 27 heavy (non-hydrogen) atoms. The van der Waals surface area contributed by atoms with E-state index in [0.29, 0.717) is 0 Å². The maximum absolute atomic E-state index is 12.4. The third kappa shape index (κ3) is 4.61. The molecule has 2 amide bonds. The number of carbonyl (C=O) groups is 2. The number of rotatable bonds is 5. The summed E-state index contributed by atoms with van der Waals surface area (Å²) in [6.07, 6.45) is 3.04. The van der Waals surface area contributed by atoms with Gasteiger partial charge >= 0.3 is 0 Å². The topological polar surface area (TPSA) is 55.4 Å². The molecule has 0 aliphatic carbocycles. The Morgan fingerprint density at radius 1 is 0.963 bits per heavy atom. The highest BCUT2D eigenvalue weighted by atomic mass is 16.5.